The van der Waals surface area contributed by atoms with Crippen molar-refractivity contribution in [2.75, 3.05) is 35.4 Å². The maximum atomic E-state index is 13.4. The van der Waals surface area contributed by atoms with Gasteiger partial charge < -0.3 is 20.1 Å². The number of benzene rings is 3. The number of nitrogens with one attached hydrogen (secondary N) is 2. The first-order valence-electron chi connectivity index (χ1n) is 14.4. The van der Waals surface area contributed by atoms with Crippen molar-refractivity contribution in [1.82, 2.24) is 0 Å². The molecule has 2 N–H and O–H groups in total. The van der Waals surface area contributed by atoms with Crippen molar-refractivity contribution in [3.8, 4) is 5.75 Å². The summed E-state index contributed by atoms with van der Waals surface area (Å²) in [4.78, 5) is 29.2. The van der Waals surface area contributed by atoms with Gasteiger partial charge in [0, 0.05) is 47.4 Å². The minimum atomic E-state index is -0.461. The summed E-state index contributed by atoms with van der Waals surface area (Å²) >= 11 is 5.78. The second-order valence-electron chi connectivity index (χ2n) is 9.94. The van der Waals surface area contributed by atoms with Crippen LogP contribution in [0.5, 0.6) is 5.75 Å². The minimum absolute atomic E-state index is 0.0923. The lowest BCUT2D eigenvalue weighted by molar-refractivity contribution is -0.134. The first-order valence-corrected chi connectivity index (χ1v) is 15.8. The van der Waals surface area contributed by atoms with E-state index >= 15 is 0 Å². The van der Waals surface area contributed by atoms with E-state index in [1.54, 1.807) is 28.8 Å². The lowest BCUT2D eigenvalue weighted by atomic mass is 10.1. The number of fused-ring (bicyclic) bond motifs is 2. The van der Waals surface area contributed by atoms with Crippen molar-refractivity contribution in [3.05, 3.63) is 78.4 Å². The van der Waals surface area contributed by atoms with Crippen LogP contribution in [0.1, 0.15) is 50.5 Å². The van der Waals surface area contributed by atoms with Crippen molar-refractivity contribution >= 4 is 59.2 Å². The summed E-state index contributed by atoms with van der Waals surface area (Å²) in [6.45, 7) is 0.0923. The number of ether oxygens (including phenoxy) is 2. The van der Waals surface area contributed by atoms with Gasteiger partial charge in [0.25, 0.3) is 0 Å². The molecule has 222 valence electrons. The number of anilines is 4. The highest BCUT2D eigenvalue weighted by atomic mass is 32.2. The number of carbonyl (C=O) groups excluding carboxylic acids is 2. The minimum Gasteiger partial charge on any atom is -0.444 e. The summed E-state index contributed by atoms with van der Waals surface area (Å²) in [7, 11) is 3.74. The molecule has 0 unspecified atom stereocenters. The molecule has 42 heavy (non-hydrogen) atoms. The zero-order chi connectivity index (χ0) is 29.7. The van der Waals surface area contributed by atoms with Gasteiger partial charge in [-0.2, -0.15) is 12.6 Å². The van der Waals surface area contributed by atoms with Crippen molar-refractivity contribution < 1.29 is 19.1 Å². The van der Waals surface area contributed by atoms with Gasteiger partial charge in [-0.15, -0.1) is 0 Å². The van der Waals surface area contributed by atoms with E-state index < -0.39 is 6.09 Å². The molecular formula is C33H39N3O4S2. The van der Waals surface area contributed by atoms with Crippen LogP contribution < -0.4 is 20.3 Å². The normalized spacial score (nSPS) is 12.0. The van der Waals surface area contributed by atoms with Crippen LogP contribution in [0.15, 0.2) is 82.6 Å². The fourth-order valence-corrected chi connectivity index (χ4v) is 5.90. The average molecular weight is 606 g/mol. The quantitative estimate of drug-likeness (QED) is 0.0557. The number of rotatable bonds is 14. The number of hydrogen-bond acceptors (Lipinski definition) is 8. The highest BCUT2D eigenvalue weighted by Gasteiger charge is 2.30. The highest BCUT2D eigenvalue weighted by Crippen LogP contribution is 2.50. The fraction of sp³-hybridized carbons (Fsp3) is 0.333. The zero-order valence-corrected chi connectivity index (χ0v) is 25.9. The van der Waals surface area contributed by atoms with Crippen LogP contribution in [0, 0.1) is 0 Å². The molecular weight excluding hydrogens is 567 g/mol. The molecule has 0 saturated heterocycles. The Labute approximate surface area is 258 Å². The van der Waals surface area contributed by atoms with Gasteiger partial charge in [-0.05, 0) is 73.4 Å². The molecule has 0 fully saturated rings. The van der Waals surface area contributed by atoms with E-state index in [0.29, 0.717) is 12.2 Å². The smallest absolute Gasteiger partial charge is 0.419 e. The Balaban J connectivity index is 1.28. The molecule has 9 heteroatoms. The van der Waals surface area contributed by atoms with E-state index in [2.05, 4.69) is 35.4 Å². The number of esters is 1. The summed E-state index contributed by atoms with van der Waals surface area (Å²) in [5.41, 5.74) is 4.28. The number of allylic oxidation sites excluding steroid dienone is 1. The van der Waals surface area contributed by atoms with Crippen molar-refractivity contribution in [1.29, 1.82) is 0 Å². The summed E-state index contributed by atoms with van der Waals surface area (Å²) in [6.07, 6.45) is 10.6. The molecule has 1 heterocycles. The molecule has 4 rings (SSSR count). The maximum Gasteiger partial charge on any atom is 0.419 e. The van der Waals surface area contributed by atoms with Crippen LogP contribution in [-0.2, 0) is 16.1 Å². The third-order valence-electron chi connectivity index (χ3n) is 6.92. The number of hydrogen-bond donors (Lipinski definition) is 3. The monoisotopic (exact) mass is 605 g/mol. The molecule has 0 atom stereocenters. The van der Waals surface area contributed by atoms with E-state index in [1.807, 2.05) is 62.6 Å². The second kappa shape index (κ2) is 16.2. The Hall–Kier alpha value is -3.56. The standard InChI is InChI=1S/C33H39N3O4S2/c1-34-25-14-18-28-30(21-25)42-31-22-26(35-2)15-19-29(31)36(28)33(38)39-23-24-12-16-27(17-13-24)40-32(37)11-9-7-5-3-4-6-8-10-20-41/h8,10,12-19,21-22,34-35,41H,3-7,9,11,20,23H2,1-2H3/b10-8-. The molecule has 0 radical (unpaired) electrons. The van der Waals surface area contributed by atoms with Crippen molar-refractivity contribution in [2.45, 2.75) is 61.3 Å². The largest absolute Gasteiger partial charge is 0.444 e. The van der Waals surface area contributed by atoms with Gasteiger partial charge in [-0.3, -0.25) is 4.79 Å². The highest BCUT2D eigenvalue weighted by molar-refractivity contribution is 7.99. The van der Waals surface area contributed by atoms with Crippen LogP contribution in [0.2, 0.25) is 0 Å². The molecule has 3 aromatic carbocycles. The summed E-state index contributed by atoms with van der Waals surface area (Å²) in [5.74, 6) is 1.05. The zero-order valence-electron chi connectivity index (χ0n) is 24.2. The van der Waals surface area contributed by atoms with Crippen LogP contribution in [0.3, 0.4) is 0 Å². The van der Waals surface area contributed by atoms with Crippen LogP contribution in [-0.4, -0.2) is 31.9 Å². The number of unbranched alkanes of at least 4 members (excludes halogenated alkanes) is 5. The Morgan fingerprint density at radius 2 is 1.45 bits per heavy atom. The van der Waals surface area contributed by atoms with E-state index in [9.17, 15) is 9.59 Å². The van der Waals surface area contributed by atoms with Crippen molar-refractivity contribution in [3.63, 3.8) is 0 Å². The lowest BCUT2D eigenvalue weighted by Gasteiger charge is -2.31. The summed E-state index contributed by atoms with van der Waals surface area (Å²) < 4.78 is 11.3. The van der Waals surface area contributed by atoms with Gasteiger partial charge in [-0.25, -0.2) is 9.69 Å². The lowest BCUT2D eigenvalue weighted by Crippen LogP contribution is -2.29. The van der Waals surface area contributed by atoms with Gasteiger partial charge >= 0.3 is 12.1 Å². The van der Waals surface area contributed by atoms with Gasteiger partial charge in [0.1, 0.15) is 12.4 Å². The van der Waals surface area contributed by atoms with Crippen LogP contribution >= 0.6 is 24.4 Å². The number of carbonyl (C=O) groups is 2. The molecule has 1 aliphatic heterocycles. The molecule has 0 saturated carbocycles. The molecule has 0 aromatic heterocycles. The Morgan fingerprint density at radius 1 is 0.833 bits per heavy atom. The van der Waals surface area contributed by atoms with Gasteiger partial charge in [0.15, 0.2) is 0 Å². The predicted octanol–water partition coefficient (Wildman–Crippen LogP) is 8.83. The molecule has 1 amide bonds. The average Bonchev–Trinajstić information content (AvgIpc) is 3.01. The van der Waals surface area contributed by atoms with Crippen LogP contribution in [0.25, 0.3) is 0 Å². The molecule has 1 aliphatic rings. The first kappa shape index (κ1) is 31.4. The molecule has 0 bridgehead atoms. The number of thiol groups is 1. The molecule has 3 aromatic rings. The predicted molar refractivity (Wildman–Crippen MR) is 176 cm³/mol. The summed E-state index contributed by atoms with van der Waals surface area (Å²) in [6, 6.07) is 18.9. The maximum absolute atomic E-state index is 13.4. The number of nitrogens with zero attached hydrogens (tertiary/aromatic N) is 1. The van der Waals surface area contributed by atoms with Gasteiger partial charge in [0.2, 0.25) is 0 Å². The van der Waals surface area contributed by atoms with Crippen molar-refractivity contribution in [2.24, 2.45) is 0 Å². The van der Waals surface area contributed by atoms with E-state index in [-0.39, 0.29) is 12.6 Å². The first-order chi connectivity index (χ1) is 20.5. The third-order valence-corrected chi connectivity index (χ3v) is 8.23. The van der Waals surface area contributed by atoms with Gasteiger partial charge in [-0.1, -0.05) is 55.3 Å². The molecule has 0 aliphatic carbocycles. The SMILES string of the molecule is CNc1ccc2c(c1)Sc1cc(NC)ccc1N2C(=O)OCc1ccc(OC(=O)CCCCCCC/C=C\CS)cc1. The van der Waals surface area contributed by atoms with Gasteiger partial charge in [0.05, 0.1) is 11.4 Å². The Morgan fingerprint density at radius 3 is 2.07 bits per heavy atom. The third kappa shape index (κ3) is 8.72. The van der Waals surface area contributed by atoms with Crippen LogP contribution in [0.4, 0.5) is 27.5 Å². The topological polar surface area (TPSA) is 79.9 Å². The Kier molecular flexibility index (Phi) is 12.1. The second-order valence-corrected chi connectivity index (χ2v) is 11.4. The molecule has 0 spiro atoms. The van der Waals surface area contributed by atoms with E-state index in [0.717, 1.165) is 69.5 Å². The van der Waals surface area contributed by atoms with E-state index in [4.69, 9.17) is 9.47 Å². The fourth-order valence-electron chi connectivity index (χ4n) is 4.62. The summed E-state index contributed by atoms with van der Waals surface area (Å²) in [5, 5.41) is 6.32. The molecule has 7 nitrogen and oxygen atoms in total. The van der Waals surface area contributed by atoms with E-state index in [1.165, 1.54) is 12.8 Å². The Bertz CT molecular complexity index is 1320. The number of amides is 1.